The van der Waals surface area contributed by atoms with Crippen molar-refractivity contribution in [3.05, 3.63) is 58.6 Å². The number of anilines is 2. The second-order valence-corrected chi connectivity index (χ2v) is 6.73. The number of amides is 4. The first-order valence-corrected chi connectivity index (χ1v) is 9.14. The quantitative estimate of drug-likeness (QED) is 0.317. The average Bonchev–Trinajstić information content (AvgIpc) is 2.69. The third-order valence-corrected chi connectivity index (χ3v) is 4.35. The Kier molecular flexibility index (Phi) is 7.65. The number of rotatable bonds is 6. The van der Waals surface area contributed by atoms with E-state index in [0.717, 1.165) is 0 Å². The van der Waals surface area contributed by atoms with Gasteiger partial charge in [0.25, 0.3) is 0 Å². The largest absolute Gasteiger partial charge is 0.366 e. The van der Waals surface area contributed by atoms with Gasteiger partial charge in [-0.15, -0.1) is 0 Å². The molecule has 0 aliphatic carbocycles. The van der Waals surface area contributed by atoms with Crippen LogP contribution in [0.5, 0.6) is 0 Å². The SMILES string of the molecule is CC(CC(=O)Nc1ccc(C(N)=O)cc1)=NNC(=O)C(=O)Nc1cccc(Cl)c1C. The summed E-state index contributed by atoms with van der Waals surface area (Å²) in [6.07, 6.45) is -0.118. The number of hydrogen-bond acceptors (Lipinski definition) is 5. The standard InChI is InChI=1S/C20H20ClN5O4/c1-11(10-17(27)23-14-8-6-13(7-9-14)18(22)28)25-26-20(30)19(29)24-16-5-3-4-15(21)12(16)2/h3-9H,10H2,1-2H3,(H2,22,28)(H,23,27)(H,24,29)(H,26,30). The minimum atomic E-state index is -0.990. The first-order chi connectivity index (χ1) is 14.2. The number of hydrazone groups is 1. The molecular weight excluding hydrogens is 410 g/mol. The first kappa shape index (κ1) is 22.6. The van der Waals surface area contributed by atoms with Crippen LogP contribution < -0.4 is 21.8 Å². The van der Waals surface area contributed by atoms with Crippen LogP contribution in [0.1, 0.15) is 29.3 Å². The number of nitrogens with zero attached hydrogens (tertiary/aromatic N) is 1. The summed E-state index contributed by atoms with van der Waals surface area (Å²) < 4.78 is 0. The highest BCUT2D eigenvalue weighted by molar-refractivity contribution is 6.40. The Morgan fingerprint density at radius 2 is 1.67 bits per heavy atom. The molecule has 2 aromatic rings. The number of nitrogens with one attached hydrogen (secondary N) is 3. The molecule has 0 bridgehead atoms. The molecule has 0 aliphatic rings. The average molecular weight is 430 g/mol. The molecule has 0 unspecified atom stereocenters. The Balaban J connectivity index is 1.86. The molecule has 4 amide bonds. The predicted molar refractivity (Wildman–Crippen MR) is 114 cm³/mol. The number of halogens is 1. The third-order valence-electron chi connectivity index (χ3n) is 3.94. The van der Waals surface area contributed by atoms with Gasteiger partial charge in [-0.3, -0.25) is 19.2 Å². The van der Waals surface area contributed by atoms with Crippen molar-refractivity contribution in [3.8, 4) is 0 Å². The van der Waals surface area contributed by atoms with Crippen molar-refractivity contribution in [2.75, 3.05) is 10.6 Å². The maximum absolute atomic E-state index is 12.0. The summed E-state index contributed by atoms with van der Waals surface area (Å²) in [5.74, 6) is -2.87. The lowest BCUT2D eigenvalue weighted by atomic mass is 10.2. The molecule has 9 nitrogen and oxygen atoms in total. The number of benzene rings is 2. The lowest BCUT2D eigenvalue weighted by molar-refractivity contribution is -0.136. The van der Waals surface area contributed by atoms with Gasteiger partial charge in [-0.25, -0.2) is 5.43 Å². The Morgan fingerprint density at radius 1 is 1.00 bits per heavy atom. The molecule has 10 heteroatoms. The number of hydrogen-bond donors (Lipinski definition) is 4. The van der Waals surface area contributed by atoms with E-state index >= 15 is 0 Å². The third kappa shape index (κ3) is 6.42. The monoisotopic (exact) mass is 429 g/mol. The van der Waals surface area contributed by atoms with Crippen molar-refractivity contribution in [1.29, 1.82) is 0 Å². The van der Waals surface area contributed by atoms with Gasteiger partial charge in [0.05, 0.1) is 6.42 Å². The van der Waals surface area contributed by atoms with Crippen LogP contribution in [-0.4, -0.2) is 29.3 Å². The molecule has 2 rings (SSSR count). The van der Waals surface area contributed by atoms with Crippen molar-refractivity contribution in [2.24, 2.45) is 10.8 Å². The molecular formula is C20H20ClN5O4. The molecule has 156 valence electrons. The lowest BCUT2D eigenvalue weighted by Gasteiger charge is -2.09. The molecule has 0 fully saturated rings. The highest BCUT2D eigenvalue weighted by Crippen LogP contribution is 2.22. The fraction of sp³-hybridized carbons (Fsp3) is 0.150. The zero-order chi connectivity index (χ0) is 22.3. The van der Waals surface area contributed by atoms with Gasteiger partial charge in [-0.2, -0.15) is 5.10 Å². The summed E-state index contributed by atoms with van der Waals surface area (Å²) in [5, 5.41) is 9.27. The van der Waals surface area contributed by atoms with E-state index in [-0.39, 0.29) is 12.1 Å². The van der Waals surface area contributed by atoms with E-state index in [0.29, 0.717) is 27.5 Å². The van der Waals surface area contributed by atoms with Gasteiger partial charge >= 0.3 is 11.8 Å². The van der Waals surface area contributed by atoms with Crippen molar-refractivity contribution in [1.82, 2.24) is 5.43 Å². The summed E-state index contributed by atoms with van der Waals surface area (Å²) >= 11 is 5.98. The van der Waals surface area contributed by atoms with E-state index in [1.807, 2.05) is 0 Å². The van der Waals surface area contributed by atoms with Crippen molar-refractivity contribution in [2.45, 2.75) is 20.3 Å². The predicted octanol–water partition coefficient (Wildman–Crippen LogP) is 2.21. The zero-order valence-corrected chi connectivity index (χ0v) is 17.0. The zero-order valence-electron chi connectivity index (χ0n) is 16.3. The van der Waals surface area contributed by atoms with E-state index < -0.39 is 23.6 Å². The van der Waals surface area contributed by atoms with Gasteiger partial charge in [-0.05, 0) is 55.8 Å². The molecule has 0 saturated carbocycles. The van der Waals surface area contributed by atoms with Gasteiger partial charge in [-0.1, -0.05) is 17.7 Å². The Hall–Kier alpha value is -3.72. The maximum Gasteiger partial charge on any atom is 0.329 e. The number of carbonyl (C=O) groups excluding carboxylic acids is 4. The fourth-order valence-corrected chi connectivity index (χ4v) is 2.49. The van der Waals surface area contributed by atoms with Crippen LogP contribution in [0.2, 0.25) is 5.02 Å². The second kappa shape index (κ2) is 10.2. The molecule has 30 heavy (non-hydrogen) atoms. The van der Waals surface area contributed by atoms with Crippen LogP contribution in [0.4, 0.5) is 11.4 Å². The van der Waals surface area contributed by atoms with Gasteiger partial charge < -0.3 is 16.4 Å². The summed E-state index contributed by atoms with van der Waals surface area (Å²) in [5.41, 5.74) is 9.36. The summed E-state index contributed by atoms with van der Waals surface area (Å²) in [6, 6.07) is 11.0. The molecule has 0 aliphatic heterocycles. The fourth-order valence-electron chi connectivity index (χ4n) is 2.31. The molecule has 0 radical (unpaired) electrons. The Bertz CT molecular complexity index is 1020. The van der Waals surface area contributed by atoms with Crippen LogP contribution in [-0.2, 0) is 14.4 Å². The smallest absolute Gasteiger partial charge is 0.329 e. The van der Waals surface area contributed by atoms with Crippen LogP contribution in [0.25, 0.3) is 0 Å². The van der Waals surface area contributed by atoms with E-state index in [4.69, 9.17) is 17.3 Å². The van der Waals surface area contributed by atoms with Gasteiger partial charge in [0, 0.05) is 27.7 Å². The Labute approximate surface area is 177 Å². The number of carbonyl (C=O) groups is 4. The van der Waals surface area contributed by atoms with Gasteiger partial charge in [0.1, 0.15) is 0 Å². The summed E-state index contributed by atoms with van der Waals surface area (Å²) in [7, 11) is 0. The molecule has 2 aromatic carbocycles. The Morgan fingerprint density at radius 3 is 2.30 bits per heavy atom. The number of nitrogens with two attached hydrogens (primary N) is 1. The highest BCUT2D eigenvalue weighted by atomic mass is 35.5. The topological polar surface area (TPSA) is 143 Å². The van der Waals surface area contributed by atoms with E-state index in [9.17, 15) is 19.2 Å². The molecule has 0 aromatic heterocycles. The second-order valence-electron chi connectivity index (χ2n) is 6.32. The first-order valence-electron chi connectivity index (χ1n) is 8.76. The number of primary amides is 1. The van der Waals surface area contributed by atoms with Crippen LogP contribution in [0.3, 0.4) is 0 Å². The molecule has 0 spiro atoms. The normalized spacial score (nSPS) is 10.8. The van der Waals surface area contributed by atoms with Crippen molar-refractivity contribution < 1.29 is 19.2 Å². The molecule has 0 heterocycles. The lowest BCUT2D eigenvalue weighted by Crippen LogP contribution is -2.33. The van der Waals surface area contributed by atoms with Crippen LogP contribution in [0.15, 0.2) is 47.6 Å². The van der Waals surface area contributed by atoms with E-state index in [1.165, 1.54) is 31.2 Å². The molecule has 5 N–H and O–H groups in total. The van der Waals surface area contributed by atoms with Crippen molar-refractivity contribution in [3.63, 3.8) is 0 Å². The van der Waals surface area contributed by atoms with Crippen molar-refractivity contribution >= 4 is 52.3 Å². The minimum Gasteiger partial charge on any atom is -0.366 e. The van der Waals surface area contributed by atoms with Gasteiger partial charge in [0.15, 0.2) is 0 Å². The summed E-state index contributed by atoms with van der Waals surface area (Å²) in [6.45, 7) is 3.23. The van der Waals surface area contributed by atoms with E-state index in [2.05, 4.69) is 21.2 Å². The van der Waals surface area contributed by atoms with Gasteiger partial charge in [0.2, 0.25) is 11.8 Å². The van der Waals surface area contributed by atoms with Crippen LogP contribution in [0, 0.1) is 6.92 Å². The maximum atomic E-state index is 12.0. The van der Waals surface area contributed by atoms with E-state index in [1.54, 1.807) is 25.1 Å². The highest BCUT2D eigenvalue weighted by Gasteiger charge is 2.15. The molecule has 0 saturated heterocycles. The molecule has 0 atom stereocenters. The summed E-state index contributed by atoms with van der Waals surface area (Å²) in [4.78, 5) is 47.0. The minimum absolute atomic E-state index is 0.118. The van der Waals surface area contributed by atoms with Crippen LogP contribution >= 0.6 is 11.6 Å².